The van der Waals surface area contributed by atoms with Gasteiger partial charge in [-0.3, -0.25) is 0 Å². The number of nitrogens with one attached hydrogen (secondary N) is 1. The molecule has 2 rings (SSSR count). The van der Waals surface area contributed by atoms with Gasteiger partial charge < -0.3 is 15.8 Å². The number of rotatable bonds is 6. The largest absolute Gasteiger partial charge is 0.381 e. The van der Waals surface area contributed by atoms with Crippen molar-refractivity contribution in [1.82, 2.24) is 5.32 Å². The van der Waals surface area contributed by atoms with E-state index in [2.05, 4.69) is 43.4 Å². The zero-order valence-corrected chi connectivity index (χ0v) is 12.3. The molecule has 0 aliphatic heterocycles. The minimum Gasteiger partial charge on any atom is -0.381 e. The van der Waals surface area contributed by atoms with Crippen LogP contribution in [0.4, 0.5) is 0 Å². The molecule has 1 aliphatic carbocycles. The first-order chi connectivity index (χ1) is 9.09. The van der Waals surface area contributed by atoms with Crippen LogP contribution in [0.2, 0.25) is 0 Å². The van der Waals surface area contributed by atoms with Crippen molar-refractivity contribution in [2.24, 2.45) is 11.1 Å². The molecule has 0 aromatic heterocycles. The van der Waals surface area contributed by atoms with Gasteiger partial charge in [-0.05, 0) is 30.5 Å². The van der Waals surface area contributed by atoms with Gasteiger partial charge in [0.05, 0.1) is 6.10 Å². The van der Waals surface area contributed by atoms with E-state index in [1.54, 1.807) is 7.11 Å². The van der Waals surface area contributed by atoms with E-state index in [-0.39, 0.29) is 5.41 Å². The average Bonchev–Trinajstić information content (AvgIpc) is 2.40. The highest BCUT2D eigenvalue weighted by Gasteiger charge is 2.48. The van der Waals surface area contributed by atoms with Crippen LogP contribution in [0.1, 0.15) is 31.4 Å². The lowest BCUT2D eigenvalue weighted by atomic mass is 9.64. The molecule has 0 heterocycles. The molecule has 2 atom stereocenters. The van der Waals surface area contributed by atoms with Gasteiger partial charge in [-0.2, -0.15) is 0 Å². The van der Waals surface area contributed by atoms with Gasteiger partial charge in [-0.25, -0.2) is 0 Å². The Bertz CT molecular complexity index is 417. The molecule has 1 aromatic carbocycles. The summed E-state index contributed by atoms with van der Waals surface area (Å²) in [6.45, 7) is 6.17. The van der Waals surface area contributed by atoms with Crippen LogP contribution in [0.25, 0.3) is 0 Å². The molecule has 0 amide bonds. The van der Waals surface area contributed by atoms with Crippen molar-refractivity contribution in [3.05, 3.63) is 35.4 Å². The van der Waals surface area contributed by atoms with Crippen molar-refractivity contribution >= 4 is 0 Å². The van der Waals surface area contributed by atoms with Crippen molar-refractivity contribution in [1.29, 1.82) is 0 Å². The number of benzene rings is 1. The summed E-state index contributed by atoms with van der Waals surface area (Å²) in [5.74, 6) is 0. The molecule has 1 aromatic rings. The van der Waals surface area contributed by atoms with Gasteiger partial charge in [-0.1, -0.05) is 38.1 Å². The third-order valence-electron chi connectivity index (χ3n) is 4.53. The van der Waals surface area contributed by atoms with Crippen molar-refractivity contribution in [3.8, 4) is 0 Å². The van der Waals surface area contributed by atoms with E-state index in [9.17, 15) is 0 Å². The van der Waals surface area contributed by atoms with Crippen molar-refractivity contribution in [2.45, 2.75) is 45.4 Å². The Labute approximate surface area is 116 Å². The molecule has 0 radical (unpaired) electrons. The predicted molar refractivity (Wildman–Crippen MR) is 79.0 cm³/mol. The average molecular weight is 262 g/mol. The molecule has 3 heteroatoms. The maximum atomic E-state index is 5.67. The van der Waals surface area contributed by atoms with E-state index in [1.807, 2.05) is 0 Å². The predicted octanol–water partition coefficient (Wildman–Crippen LogP) is 2.09. The number of methoxy groups -OCH3 is 1. The summed E-state index contributed by atoms with van der Waals surface area (Å²) >= 11 is 0. The van der Waals surface area contributed by atoms with Crippen molar-refractivity contribution in [3.63, 3.8) is 0 Å². The summed E-state index contributed by atoms with van der Waals surface area (Å²) in [5.41, 5.74) is 8.61. The van der Waals surface area contributed by atoms with Crippen LogP contribution in [0.5, 0.6) is 0 Å². The summed E-state index contributed by atoms with van der Waals surface area (Å²) in [4.78, 5) is 0. The highest BCUT2D eigenvalue weighted by Crippen LogP contribution is 2.42. The third-order valence-corrected chi connectivity index (χ3v) is 4.53. The minimum absolute atomic E-state index is 0.220. The number of hydrogen-bond donors (Lipinski definition) is 2. The van der Waals surface area contributed by atoms with E-state index >= 15 is 0 Å². The van der Waals surface area contributed by atoms with E-state index < -0.39 is 0 Å². The van der Waals surface area contributed by atoms with Crippen molar-refractivity contribution in [2.75, 3.05) is 13.7 Å². The molecule has 1 aliphatic rings. The van der Waals surface area contributed by atoms with Gasteiger partial charge >= 0.3 is 0 Å². The number of ether oxygens (including phenoxy) is 1. The van der Waals surface area contributed by atoms with Gasteiger partial charge in [0.2, 0.25) is 0 Å². The summed E-state index contributed by atoms with van der Waals surface area (Å²) in [6.07, 6.45) is 2.43. The number of nitrogens with two attached hydrogens (primary N) is 1. The molecule has 3 N–H and O–H groups in total. The van der Waals surface area contributed by atoms with Crippen LogP contribution in [-0.4, -0.2) is 25.8 Å². The molecular formula is C16H26N2O. The van der Waals surface area contributed by atoms with Gasteiger partial charge in [-0.15, -0.1) is 0 Å². The van der Waals surface area contributed by atoms with E-state index in [1.165, 1.54) is 11.1 Å². The lowest BCUT2D eigenvalue weighted by molar-refractivity contribution is -0.0979. The maximum absolute atomic E-state index is 5.67. The lowest BCUT2D eigenvalue weighted by Crippen LogP contribution is -2.60. The molecule has 3 nitrogen and oxygen atoms in total. The molecule has 19 heavy (non-hydrogen) atoms. The SMILES string of the molecule is COC1CC(NCc2ccccc2CCN)C1(C)C. The van der Waals surface area contributed by atoms with Crippen molar-refractivity contribution < 1.29 is 4.74 Å². The smallest absolute Gasteiger partial charge is 0.0652 e. The summed E-state index contributed by atoms with van der Waals surface area (Å²) in [5, 5.41) is 3.67. The monoisotopic (exact) mass is 262 g/mol. The summed E-state index contributed by atoms with van der Waals surface area (Å²) in [7, 11) is 1.80. The fraction of sp³-hybridized carbons (Fsp3) is 0.625. The zero-order valence-electron chi connectivity index (χ0n) is 12.3. The van der Waals surface area contributed by atoms with Gasteiger partial charge in [0, 0.05) is 25.1 Å². The molecule has 1 fully saturated rings. The first-order valence-electron chi connectivity index (χ1n) is 7.12. The van der Waals surface area contributed by atoms with Crippen LogP contribution in [0.15, 0.2) is 24.3 Å². The van der Waals surface area contributed by atoms with E-state index in [0.717, 1.165) is 19.4 Å². The molecule has 0 bridgehead atoms. The summed E-state index contributed by atoms with van der Waals surface area (Å²) in [6, 6.07) is 9.08. The molecular weight excluding hydrogens is 236 g/mol. The first kappa shape index (κ1) is 14.5. The molecule has 106 valence electrons. The van der Waals surface area contributed by atoms with Crippen LogP contribution in [0.3, 0.4) is 0 Å². The van der Waals surface area contributed by atoms with Crippen LogP contribution in [-0.2, 0) is 17.7 Å². The number of hydrogen-bond acceptors (Lipinski definition) is 3. The highest BCUT2D eigenvalue weighted by molar-refractivity contribution is 5.27. The maximum Gasteiger partial charge on any atom is 0.0652 e. The van der Waals surface area contributed by atoms with Gasteiger partial charge in [0.25, 0.3) is 0 Å². The Hall–Kier alpha value is -0.900. The highest BCUT2D eigenvalue weighted by atomic mass is 16.5. The molecule has 0 spiro atoms. The zero-order chi connectivity index (χ0) is 13.9. The molecule has 0 saturated heterocycles. The Balaban J connectivity index is 1.93. The first-order valence-corrected chi connectivity index (χ1v) is 7.12. The quantitative estimate of drug-likeness (QED) is 0.825. The molecule has 2 unspecified atom stereocenters. The van der Waals surface area contributed by atoms with Crippen LogP contribution < -0.4 is 11.1 Å². The standard InChI is InChI=1S/C16H26N2O/c1-16(2)14(10-15(16)19-3)18-11-13-7-5-4-6-12(13)8-9-17/h4-7,14-15,18H,8-11,17H2,1-3H3. The second-order valence-electron chi connectivity index (χ2n) is 6.02. The summed E-state index contributed by atoms with van der Waals surface area (Å²) < 4.78 is 5.49. The topological polar surface area (TPSA) is 47.3 Å². The fourth-order valence-corrected chi connectivity index (χ4v) is 2.99. The lowest BCUT2D eigenvalue weighted by Gasteiger charge is -2.51. The third kappa shape index (κ3) is 2.99. The Kier molecular flexibility index (Phi) is 4.61. The fourth-order valence-electron chi connectivity index (χ4n) is 2.99. The van der Waals surface area contributed by atoms with E-state index in [0.29, 0.717) is 18.7 Å². The Morgan fingerprint density at radius 1 is 1.32 bits per heavy atom. The second-order valence-corrected chi connectivity index (χ2v) is 6.02. The molecule has 1 saturated carbocycles. The Morgan fingerprint density at radius 3 is 2.58 bits per heavy atom. The van der Waals surface area contributed by atoms with E-state index in [4.69, 9.17) is 10.5 Å². The normalized spacial score (nSPS) is 25.1. The van der Waals surface area contributed by atoms with Gasteiger partial charge in [0.15, 0.2) is 0 Å². The van der Waals surface area contributed by atoms with Gasteiger partial charge in [0.1, 0.15) is 0 Å². The Morgan fingerprint density at radius 2 is 2.00 bits per heavy atom. The second kappa shape index (κ2) is 6.04. The van der Waals surface area contributed by atoms with Crippen LogP contribution >= 0.6 is 0 Å². The minimum atomic E-state index is 0.220. The van der Waals surface area contributed by atoms with Crippen LogP contribution in [0, 0.1) is 5.41 Å².